The SMILES string of the molecule is NC(=S)c1ccc(N2CCC[C@H]3CCCC[C@H]32)cc1Br. The van der Waals surface area contributed by atoms with E-state index in [4.69, 9.17) is 18.0 Å². The molecule has 0 aromatic heterocycles. The van der Waals surface area contributed by atoms with Crippen LogP contribution in [0.15, 0.2) is 22.7 Å². The van der Waals surface area contributed by atoms with Crippen molar-refractivity contribution in [3.05, 3.63) is 28.2 Å². The Morgan fingerprint density at radius 3 is 2.70 bits per heavy atom. The molecule has 1 saturated heterocycles. The second-order valence-electron chi connectivity index (χ2n) is 5.98. The summed E-state index contributed by atoms with van der Waals surface area (Å²) >= 11 is 8.68. The lowest BCUT2D eigenvalue weighted by atomic mass is 9.78. The van der Waals surface area contributed by atoms with Crippen LogP contribution in [0.5, 0.6) is 0 Å². The van der Waals surface area contributed by atoms with E-state index in [-0.39, 0.29) is 0 Å². The summed E-state index contributed by atoms with van der Waals surface area (Å²) in [6.07, 6.45) is 8.28. The van der Waals surface area contributed by atoms with Gasteiger partial charge in [0.2, 0.25) is 0 Å². The fourth-order valence-corrected chi connectivity index (χ4v) is 4.72. The zero-order valence-corrected chi connectivity index (χ0v) is 14.0. The number of hydrogen-bond donors (Lipinski definition) is 1. The maximum atomic E-state index is 5.74. The molecule has 2 fully saturated rings. The molecule has 20 heavy (non-hydrogen) atoms. The molecule has 1 aliphatic heterocycles. The summed E-state index contributed by atoms with van der Waals surface area (Å²) in [5, 5.41) is 0. The largest absolute Gasteiger partial charge is 0.389 e. The van der Waals surface area contributed by atoms with Gasteiger partial charge in [-0.2, -0.15) is 0 Å². The number of piperidine rings is 1. The molecule has 0 bridgehead atoms. The Morgan fingerprint density at radius 1 is 1.20 bits per heavy atom. The minimum atomic E-state index is 0.456. The number of rotatable bonds is 2. The van der Waals surface area contributed by atoms with Crippen LogP contribution in [0.2, 0.25) is 0 Å². The highest BCUT2D eigenvalue weighted by molar-refractivity contribution is 9.10. The van der Waals surface area contributed by atoms with Gasteiger partial charge in [0.15, 0.2) is 0 Å². The number of benzene rings is 1. The molecular formula is C16H21BrN2S. The van der Waals surface area contributed by atoms with Crippen molar-refractivity contribution in [3.8, 4) is 0 Å². The van der Waals surface area contributed by atoms with Gasteiger partial charge < -0.3 is 10.6 Å². The van der Waals surface area contributed by atoms with Gasteiger partial charge in [0.05, 0.1) is 0 Å². The first-order valence-electron chi connectivity index (χ1n) is 7.53. The molecule has 2 aliphatic rings. The van der Waals surface area contributed by atoms with Crippen molar-refractivity contribution < 1.29 is 0 Å². The molecule has 2 atom stereocenters. The van der Waals surface area contributed by atoms with Crippen LogP contribution < -0.4 is 10.6 Å². The molecule has 1 aromatic carbocycles. The third kappa shape index (κ3) is 2.73. The molecule has 0 amide bonds. The summed E-state index contributed by atoms with van der Waals surface area (Å²) in [4.78, 5) is 3.07. The Kier molecular flexibility index (Phi) is 4.32. The van der Waals surface area contributed by atoms with E-state index in [2.05, 4.69) is 33.0 Å². The molecule has 2 nitrogen and oxygen atoms in total. The van der Waals surface area contributed by atoms with E-state index in [9.17, 15) is 0 Å². The average Bonchev–Trinajstić information content (AvgIpc) is 2.46. The van der Waals surface area contributed by atoms with Crippen molar-refractivity contribution >= 4 is 38.8 Å². The first kappa shape index (κ1) is 14.3. The molecule has 1 heterocycles. The molecule has 108 valence electrons. The van der Waals surface area contributed by atoms with Crippen molar-refractivity contribution in [3.63, 3.8) is 0 Å². The summed E-state index contributed by atoms with van der Waals surface area (Å²) in [6, 6.07) is 7.15. The van der Waals surface area contributed by atoms with E-state index in [0.29, 0.717) is 4.99 Å². The number of nitrogens with zero attached hydrogens (tertiary/aromatic N) is 1. The van der Waals surface area contributed by atoms with E-state index in [1.807, 2.05) is 6.07 Å². The normalized spacial score (nSPS) is 26.1. The summed E-state index contributed by atoms with van der Waals surface area (Å²) < 4.78 is 1.01. The Labute approximate surface area is 134 Å². The van der Waals surface area contributed by atoms with Gasteiger partial charge in [0, 0.05) is 28.3 Å². The molecule has 0 radical (unpaired) electrons. The van der Waals surface area contributed by atoms with Crippen molar-refractivity contribution in [2.24, 2.45) is 11.7 Å². The van der Waals surface area contributed by atoms with E-state index in [0.717, 1.165) is 22.0 Å². The zero-order chi connectivity index (χ0) is 14.1. The van der Waals surface area contributed by atoms with Crippen LogP contribution in [0.3, 0.4) is 0 Å². The first-order valence-corrected chi connectivity index (χ1v) is 8.73. The average molecular weight is 353 g/mol. The van der Waals surface area contributed by atoms with E-state index in [1.165, 1.54) is 50.8 Å². The standard InChI is InChI=1S/C16H21BrN2S/c17-14-10-12(7-8-13(14)16(18)20)19-9-3-5-11-4-1-2-6-15(11)19/h7-8,10-11,15H,1-6,9H2,(H2,18,20)/t11-,15-/m1/s1. The second kappa shape index (κ2) is 6.02. The highest BCUT2D eigenvalue weighted by Crippen LogP contribution is 2.38. The van der Waals surface area contributed by atoms with E-state index < -0.39 is 0 Å². The third-order valence-electron chi connectivity index (χ3n) is 4.79. The van der Waals surface area contributed by atoms with Crippen LogP contribution in [-0.2, 0) is 0 Å². The highest BCUT2D eigenvalue weighted by Gasteiger charge is 2.33. The first-order chi connectivity index (χ1) is 9.66. The molecule has 2 N–H and O–H groups in total. The minimum Gasteiger partial charge on any atom is -0.389 e. The van der Waals surface area contributed by atoms with Gasteiger partial charge in [-0.15, -0.1) is 0 Å². The monoisotopic (exact) mass is 352 g/mol. The molecule has 0 unspecified atom stereocenters. The molecule has 1 saturated carbocycles. The van der Waals surface area contributed by atoms with Crippen molar-refractivity contribution in [1.82, 2.24) is 0 Å². The molecule has 0 spiro atoms. The van der Waals surface area contributed by atoms with E-state index >= 15 is 0 Å². The summed E-state index contributed by atoms with van der Waals surface area (Å²) in [7, 11) is 0. The van der Waals surface area contributed by atoms with Gasteiger partial charge in [-0.05, 0) is 65.7 Å². The van der Waals surface area contributed by atoms with Gasteiger partial charge in [-0.1, -0.05) is 25.1 Å². The van der Waals surface area contributed by atoms with Crippen molar-refractivity contribution in [2.45, 2.75) is 44.6 Å². The lowest BCUT2D eigenvalue weighted by Gasteiger charge is -2.45. The predicted molar refractivity (Wildman–Crippen MR) is 92.4 cm³/mol. The second-order valence-corrected chi connectivity index (χ2v) is 7.27. The summed E-state index contributed by atoms with van der Waals surface area (Å²) in [6.45, 7) is 1.18. The number of hydrogen-bond acceptors (Lipinski definition) is 2. The van der Waals surface area contributed by atoms with Crippen LogP contribution in [0.1, 0.15) is 44.1 Å². The lowest BCUT2D eigenvalue weighted by Crippen LogP contribution is -2.46. The third-order valence-corrected chi connectivity index (χ3v) is 5.67. The van der Waals surface area contributed by atoms with Crippen LogP contribution in [0, 0.1) is 5.92 Å². The maximum absolute atomic E-state index is 5.74. The molecule has 1 aliphatic carbocycles. The Balaban J connectivity index is 1.87. The zero-order valence-electron chi connectivity index (χ0n) is 11.6. The highest BCUT2D eigenvalue weighted by atomic mass is 79.9. The quantitative estimate of drug-likeness (QED) is 0.807. The molecular weight excluding hydrogens is 332 g/mol. The number of anilines is 1. The van der Waals surface area contributed by atoms with Crippen LogP contribution in [0.4, 0.5) is 5.69 Å². The summed E-state index contributed by atoms with van der Waals surface area (Å²) in [5.74, 6) is 0.895. The molecule has 3 rings (SSSR count). The fourth-order valence-electron chi connectivity index (χ4n) is 3.83. The molecule has 1 aromatic rings. The van der Waals surface area contributed by atoms with E-state index in [1.54, 1.807) is 0 Å². The topological polar surface area (TPSA) is 29.3 Å². The Morgan fingerprint density at radius 2 is 1.95 bits per heavy atom. The smallest absolute Gasteiger partial charge is 0.105 e. The van der Waals surface area contributed by atoms with Gasteiger partial charge in [0.1, 0.15) is 4.99 Å². The Hall–Kier alpha value is -0.610. The predicted octanol–water partition coefficient (Wildman–Crippen LogP) is 4.24. The van der Waals surface area contributed by atoms with Gasteiger partial charge in [-0.3, -0.25) is 0 Å². The number of halogens is 1. The molecule has 4 heteroatoms. The van der Waals surface area contributed by atoms with Crippen molar-refractivity contribution in [2.75, 3.05) is 11.4 Å². The van der Waals surface area contributed by atoms with Crippen LogP contribution in [0.25, 0.3) is 0 Å². The Bertz CT molecular complexity index is 515. The van der Waals surface area contributed by atoms with Gasteiger partial charge in [-0.25, -0.2) is 0 Å². The van der Waals surface area contributed by atoms with Gasteiger partial charge >= 0.3 is 0 Å². The number of nitrogens with two attached hydrogens (primary N) is 1. The summed E-state index contributed by atoms with van der Waals surface area (Å²) in [5.41, 5.74) is 7.98. The van der Waals surface area contributed by atoms with Crippen LogP contribution >= 0.6 is 28.1 Å². The van der Waals surface area contributed by atoms with Crippen LogP contribution in [-0.4, -0.2) is 17.6 Å². The fraction of sp³-hybridized carbons (Fsp3) is 0.562. The lowest BCUT2D eigenvalue weighted by molar-refractivity contribution is 0.244. The van der Waals surface area contributed by atoms with Gasteiger partial charge in [0.25, 0.3) is 0 Å². The maximum Gasteiger partial charge on any atom is 0.105 e. The van der Waals surface area contributed by atoms with Crippen molar-refractivity contribution in [1.29, 1.82) is 0 Å². The minimum absolute atomic E-state index is 0.456. The number of thiocarbonyl (C=S) groups is 1. The number of fused-ring (bicyclic) bond motifs is 1.